The lowest BCUT2D eigenvalue weighted by Gasteiger charge is -2.25. The van der Waals surface area contributed by atoms with Crippen LogP contribution in [-0.2, 0) is 9.47 Å². The molecule has 1 amide bonds. The minimum absolute atomic E-state index is 0.0474. The van der Waals surface area contributed by atoms with Crippen molar-refractivity contribution in [2.75, 3.05) is 32.8 Å². The number of carbonyl (C=O) groups excluding carboxylic acids is 1. The van der Waals surface area contributed by atoms with Gasteiger partial charge in [-0.2, -0.15) is 0 Å². The first kappa shape index (κ1) is 16.5. The smallest absolute Gasteiger partial charge is 0.417 e. The molecule has 0 aliphatic carbocycles. The van der Waals surface area contributed by atoms with E-state index in [-0.39, 0.29) is 5.96 Å². The summed E-state index contributed by atoms with van der Waals surface area (Å²) in [5.41, 5.74) is -0.663. The number of hydrogen-bond donors (Lipinski definition) is 0. The second kappa shape index (κ2) is 6.47. The van der Waals surface area contributed by atoms with Crippen LogP contribution in [0.1, 0.15) is 27.2 Å². The monoisotopic (exact) mass is 314 g/mol. The third-order valence-electron chi connectivity index (χ3n) is 3.41. The SMILES string of the molecule is CC(C)(C)OC(=O)N1CCN(CC2CCOC2)C1=N[N+](=O)[O-]. The summed E-state index contributed by atoms with van der Waals surface area (Å²) >= 11 is 0. The van der Waals surface area contributed by atoms with Gasteiger partial charge in [-0.3, -0.25) is 0 Å². The Balaban J connectivity index is 2.10. The Kier molecular flexibility index (Phi) is 4.84. The number of amides is 1. The molecule has 2 rings (SSSR count). The quantitative estimate of drug-likeness (QED) is 0.572. The maximum absolute atomic E-state index is 12.2. The van der Waals surface area contributed by atoms with Crippen LogP contribution in [0.2, 0.25) is 0 Å². The number of guanidine groups is 1. The zero-order valence-corrected chi connectivity index (χ0v) is 13.2. The van der Waals surface area contributed by atoms with E-state index in [9.17, 15) is 14.9 Å². The fourth-order valence-electron chi connectivity index (χ4n) is 2.48. The van der Waals surface area contributed by atoms with Gasteiger partial charge in [0.15, 0.2) is 5.03 Å². The van der Waals surface area contributed by atoms with Crippen LogP contribution in [0, 0.1) is 16.0 Å². The Morgan fingerprint density at radius 2 is 2.23 bits per heavy atom. The summed E-state index contributed by atoms with van der Waals surface area (Å²) in [6.45, 7) is 8.00. The third kappa shape index (κ3) is 4.30. The molecule has 9 heteroatoms. The van der Waals surface area contributed by atoms with Crippen LogP contribution in [0.4, 0.5) is 4.79 Å². The van der Waals surface area contributed by atoms with E-state index in [2.05, 4.69) is 5.10 Å². The van der Waals surface area contributed by atoms with Gasteiger partial charge in [-0.15, -0.1) is 0 Å². The minimum atomic E-state index is -0.782. The zero-order chi connectivity index (χ0) is 16.3. The first-order chi connectivity index (χ1) is 10.3. The van der Waals surface area contributed by atoms with Gasteiger partial charge in [-0.25, -0.2) is 19.8 Å². The van der Waals surface area contributed by atoms with E-state index < -0.39 is 16.7 Å². The van der Waals surface area contributed by atoms with E-state index in [0.717, 1.165) is 6.42 Å². The van der Waals surface area contributed by atoms with Crippen molar-refractivity contribution in [1.82, 2.24) is 9.80 Å². The maximum atomic E-state index is 12.2. The summed E-state index contributed by atoms with van der Waals surface area (Å²) in [5, 5.41) is 13.4. The minimum Gasteiger partial charge on any atom is -0.443 e. The van der Waals surface area contributed by atoms with E-state index in [1.54, 1.807) is 25.7 Å². The van der Waals surface area contributed by atoms with Crippen LogP contribution in [0.15, 0.2) is 5.10 Å². The van der Waals surface area contributed by atoms with Crippen molar-refractivity contribution in [3.8, 4) is 0 Å². The molecule has 2 aliphatic heterocycles. The number of hydrazone groups is 1. The van der Waals surface area contributed by atoms with Crippen molar-refractivity contribution in [3.63, 3.8) is 0 Å². The van der Waals surface area contributed by atoms with Gasteiger partial charge in [-0.1, -0.05) is 0 Å². The summed E-state index contributed by atoms with van der Waals surface area (Å²) in [6, 6.07) is 0. The summed E-state index contributed by atoms with van der Waals surface area (Å²) in [6.07, 6.45) is 0.299. The summed E-state index contributed by atoms with van der Waals surface area (Å²) in [7, 11) is 0. The molecule has 0 aromatic carbocycles. The molecule has 0 N–H and O–H groups in total. The summed E-state index contributed by atoms with van der Waals surface area (Å²) < 4.78 is 10.6. The molecule has 2 fully saturated rings. The highest BCUT2D eigenvalue weighted by molar-refractivity contribution is 5.95. The molecule has 0 aromatic heterocycles. The predicted octanol–water partition coefficient (Wildman–Crippen LogP) is 1.12. The molecule has 9 nitrogen and oxygen atoms in total. The van der Waals surface area contributed by atoms with Gasteiger partial charge in [0.1, 0.15) is 10.7 Å². The maximum Gasteiger partial charge on any atom is 0.417 e. The normalized spacial score (nSPS) is 24.1. The van der Waals surface area contributed by atoms with Crippen LogP contribution in [0.5, 0.6) is 0 Å². The molecule has 22 heavy (non-hydrogen) atoms. The van der Waals surface area contributed by atoms with Crippen molar-refractivity contribution in [3.05, 3.63) is 10.1 Å². The lowest BCUT2D eigenvalue weighted by molar-refractivity contribution is -0.486. The van der Waals surface area contributed by atoms with Gasteiger partial charge in [0.05, 0.1) is 13.2 Å². The van der Waals surface area contributed by atoms with Crippen LogP contribution < -0.4 is 0 Å². The number of nitrogens with zero attached hydrogens (tertiary/aromatic N) is 4. The third-order valence-corrected chi connectivity index (χ3v) is 3.41. The fourth-order valence-corrected chi connectivity index (χ4v) is 2.48. The molecular weight excluding hydrogens is 292 g/mol. The number of nitro groups is 1. The summed E-state index contributed by atoms with van der Waals surface area (Å²) in [4.78, 5) is 25.9. The van der Waals surface area contributed by atoms with E-state index in [4.69, 9.17) is 9.47 Å². The van der Waals surface area contributed by atoms with Crippen molar-refractivity contribution in [1.29, 1.82) is 0 Å². The zero-order valence-electron chi connectivity index (χ0n) is 13.2. The Labute approximate surface area is 129 Å². The largest absolute Gasteiger partial charge is 0.443 e. The molecule has 0 spiro atoms. The highest BCUT2D eigenvalue weighted by Crippen LogP contribution is 2.20. The van der Waals surface area contributed by atoms with Gasteiger partial charge < -0.3 is 14.4 Å². The number of hydrogen-bond acceptors (Lipinski definition) is 5. The molecule has 2 heterocycles. The van der Waals surface area contributed by atoms with Gasteiger partial charge in [0.2, 0.25) is 0 Å². The lowest BCUT2D eigenvalue weighted by atomic mass is 10.1. The molecule has 1 unspecified atom stereocenters. The second-order valence-electron chi connectivity index (χ2n) is 6.45. The highest BCUT2D eigenvalue weighted by Gasteiger charge is 2.37. The Hall–Kier alpha value is -1.90. The van der Waals surface area contributed by atoms with E-state index in [1.807, 2.05) is 0 Å². The molecule has 1 atom stereocenters. The van der Waals surface area contributed by atoms with Crippen molar-refractivity contribution in [2.24, 2.45) is 11.0 Å². The van der Waals surface area contributed by atoms with Gasteiger partial charge >= 0.3 is 6.09 Å². The molecule has 0 radical (unpaired) electrons. The van der Waals surface area contributed by atoms with Crippen LogP contribution in [-0.4, -0.2) is 65.3 Å². The van der Waals surface area contributed by atoms with Crippen molar-refractivity contribution >= 4 is 12.1 Å². The van der Waals surface area contributed by atoms with Gasteiger partial charge in [-0.05, 0) is 27.2 Å². The van der Waals surface area contributed by atoms with Crippen LogP contribution in [0.3, 0.4) is 0 Å². The van der Waals surface area contributed by atoms with Crippen molar-refractivity contribution in [2.45, 2.75) is 32.8 Å². The number of ether oxygens (including phenoxy) is 2. The Morgan fingerprint density at radius 3 is 2.77 bits per heavy atom. The van der Waals surface area contributed by atoms with E-state index in [0.29, 0.717) is 38.8 Å². The molecular formula is C13H22N4O5. The average Bonchev–Trinajstić information content (AvgIpc) is 2.98. The predicted molar refractivity (Wildman–Crippen MR) is 77.9 cm³/mol. The van der Waals surface area contributed by atoms with E-state index in [1.165, 1.54) is 4.90 Å². The molecule has 0 saturated carbocycles. The second-order valence-corrected chi connectivity index (χ2v) is 6.45. The van der Waals surface area contributed by atoms with Crippen LogP contribution in [0.25, 0.3) is 0 Å². The lowest BCUT2D eigenvalue weighted by Crippen LogP contribution is -2.42. The highest BCUT2D eigenvalue weighted by atomic mass is 16.7. The van der Waals surface area contributed by atoms with Gasteiger partial charge in [0.25, 0.3) is 5.96 Å². The number of carbonyl (C=O) groups is 1. The Morgan fingerprint density at radius 1 is 1.50 bits per heavy atom. The standard InChI is InChI=1S/C13H22N4O5/c1-13(2,3)22-12(18)16-6-5-15(11(16)14-17(19)20)8-10-4-7-21-9-10/h10H,4-9H2,1-3H3. The van der Waals surface area contributed by atoms with Crippen LogP contribution >= 0.6 is 0 Å². The van der Waals surface area contributed by atoms with Crippen molar-refractivity contribution < 1.29 is 19.3 Å². The Bertz CT molecular complexity index is 468. The first-order valence-electron chi connectivity index (χ1n) is 7.32. The number of rotatable bonds is 3. The van der Waals surface area contributed by atoms with Gasteiger partial charge in [0, 0.05) is 25.6 Å². The fraction of sp³-hybridized carbons (Fsp3) is 0.846. The first-order valence-corrected chi connectivity index (χ1v) is 7.32. The average molecular weight is 314 g/mol. The van der Waals surface area contributed by atoms with E-state index >= 15 is 0 Å². The topological polar surface area (TPSA) is 97.5 Å². The molecule has 2 aliphatic rings. The molecule has 0 bridgehead atoms. The molecule has 0 aromatic rings. The molecule has 2 saturated heterocycles. The molecule has 124 valence electrons. The summed E-state index contributed by atoms with van der Waals surface area (Å²) in [5.74, 6) is 0.349.